The van der Waals surface area contributed by atoms with E-state index in [1.54, 1.807) is 11.8 Å². The molecule has 0 bridgehead atoms. The number of benzene rings is 1. The van der Waals surface area contributed by atoms with E-state index in [2.05, 4.69) is 37.6 Å². The zero-order valence-electron chi connectivity index (χ0n) is 11.7. The van der Waals surface area contributed by atoms with E-state index in [0.717, 1.165) is 37.8 Å². The third-order valence-electron chi connectivity index (χ3n) is 2.63. The van der Waals surface area contributed by atoms with Crippen molar-refractivity contribution in [3.8, 4) is 5.75 Å². The summed E-state index contributed by atoms with van der Waals surface area (Å²) in [6, 6.07) is 8.22. The van der Waals surface area contributed by atoms with Crippen LogP contribution < -0.4 is 10.1 Å². The molecule has 0 heterocycles. The van der Waals surface area contributed by atoms with E-state index in [0.29, 0.717) is 0 Å². The lowest BCUT2D eigenvalue weighted by atomic mass is 10.2. The summed E-state index contributed by atoms with van der Waals surface area (Å²) in [5.41, 5.74) is 0. The van der Waals surface area contributed by atoms with Gasteiger partial charge in [-0.05, 0) is 50.2 Å². The minimum atomic E-state index is 0.731. The van der Waals surface area contributed by atoms with Crippen LogP contribution in [0.2, 0.25) is 0 Å². The van der Waals surface area contributed by atoms with Crippen LogP contribution in [0.1, 0.15) is 26.7 Å². The smallest absolute Gasteiger partial charge is 0.132 e. The highest BCUT2D eigenvalue weighted by Crippen LogP contribution is 2.26. The average molecular weight is 267 g/mol. The van der Waals surface area contributed by atoms with Crippen molar-refractivity contribution in [1.82, 2.24) is 5.32 Å². The van der Waals surface area contributed by atoms with E-state index >= 15 is 0 Å². The Morgan fingerprint density at radius 2 is 2.00 bits per heavy atom. The molecular formula is C15H25NOS. The standard InChI is InChI=1S/C15H25NOS/c1-13(2)12-16-10-6-7-11-17-14-8-4-5-9-15(14)18-3/h4-5,8-9,13,16H,6-7,10-12H2,1-3H3. The Balaban J connectivity index is 2.10. The zero-order chi connectivity index (χ0) is 13.2. The summed E-state index contributed by atoms with van der Waals surface area (Å²) in [6.45, 7) is 7.47. The number of para-hydroxylation sites is 1. The van der Waals surface area contributed by atoms with Gasteiger partial charge in [-0.15, -0.1) is 11.8 Å². The van der Waals surface area contributed by atoms with Gasteiger partial charge >= 0.3 is 0 Å². The lowest BCUT2D eigenvalue weighted by Gasteiger charge is -2.10. The highest BCUT2D eigenvalue weighted by molar-refractivity contribution is 7.98. The lowest BCUT2D eigenvalue weighted by molar-refractivity contribution is 0.299. The molecule has 0 fully saturated rings. The Hall–Kier alpha value is -0.670. The SMILES string of the molecule is CSc1ccccc1OCCCCNCC(C)C. The summed E-state index contributed by atoms with van der Waals surface area (Å²) >= 11 is 1.73. The number of hydrogen-bond acceptors (Lipinski definition) is 3. The Morgan fingerprint density at radius 1 is 1.22 bits per heavy atom. The molecule has 102 valence electrons. The lowest BCUT2D eigenvalue weighted by Crippen LogP contribution is -2.21. The Labute approximate surface area is 116 Å². The van der Waals surface area contributed by atoms with Gasteiger partial charge < -0.3 is 10.1 Å². The molecular weight excluding hydrogens is 242 g/mol. The van der Waals surface area contributed by atoms with Gasteiger partial charge in [0.05, 0.1) is 6.61 Å². The van der Waals surface area contributed by atoms with Crippen LogP contribution in [0.4, 0.5) is 0 Å². The maximum atomic E-state index is 5.81. The van der Waals surface area contributed by atoms with Gasteiger partial charge in [-0.1, -0.05) is 26.0 Å². The Bertz CT molecular complexity index is 328. The molecule has 0 atom stereocenters. The number of rotatable bonds is 9. The number of hydrogen-bond donors (Lipinski definition) is 1. The highest BCUT2D eigenvalue weighted by Gasteiger charge is 2.00. The fourth-order valence-corrected chi connectivity index (χ4v) is 2.21. The predicted molar refractivity (Wildman–Crippen MR) is 80.7 cm³/mol. The van der Waals surface area contributed by atoms with Crippen LogP contribution in [-0.4, -0.2) is 26.0 Å². The Morgan fingerprint density at radius 3 is 2.72 bits per heavy atom. The van der Waals surface area contributed by atoms with E-state index in [4.69, 9.17) is 4.74 Å². The van der Waals surface area contributed by atoms with Gasteiger partial charge in [0, 0.05) is 4.90 Å². The molecule has 0 saturated heterocycles. The molecule has 0 aliphatic rings. The quantitative estimate of drug-likeness (QED) is 0.543. The van der Waals surface area contributed by atoms with Crippen molar-refractivity contribution in [2.45, 2.75) is 31.6 Å². The second-order valence-corrected chi connectivity index (χ2v) is 5.65. The first kappa shape index (κ1) is 15.4. The molecule has 1 aromatic carbocycles. The first-order valence-electron chi connectivity index (χ1n) is 6.70. The van der Waals surface area contributed by atoms with Crippen LogP contribution in [0.15, 0.2) is 29.2 Å². The molecule has 0 saturated carbocycles. The van der Waals surface area contributed by atoms with Gasteiger partial charge in [-0.2, -0.15) is 0 Å². The third-order valence-corrected chi connectivity index (χ3v) is 3.40. The average Bonchev–Trinajstić information content (AvgIpc) is 2.37. The molecule has 0 aliphatic heterocycles. The normalized spacial score (nSPS) is 10.9. The largest absolute Gasteiger partial charge is 0.492 e. The van der Waals surface area contributed by atoms with Gasteiger partial charge in [0.25, 0.3) is 0 Å². The van der Waals surface area contributed by atoms with Crippen molar-refractivity contribution in [3.63, 3.8) is 0 Å². The van der Waals surface area contributed by atoms with Crippen LogP contribution in [0.3, 0.4) is 0 Å². The minimum Gasteiger partial charge on any atom is -0.492 e. The van der Waals surface area contributed by atoms with Gasteiger partial charge in [0.1, 0.15) is 5.75 Å². The van der Waals surface area contributed by atoms with Crippen molar-refractivity contribution in [3.05, 3.63) is 24.3 Å². The van der Waals surface area contributed by atoms with Crippen LogP contribution in [0, 0.1) is 5.92 Å². The summed E-state index contributed by atoms with van der Waals surface area (Å²) in [7, 11) is 0. The molecule has 0 unspecified atom stereocenters. The molecule has 0 aromatic heterocycles. The third kappa shape index (κ3) is 6.31. The first-order chi connectivity index (χ1) is 8.74. The first-order valence-corrected chi connectivity index (χ1v) is 7.93. The van der Waals surface area contributed by atoms with Gasteiger partial charge in [-0.25, -0.2) is 0 Å². The minimum absolute atomic E-state index is 0.731. The number of nitrogens with one attached hydrogen (secondary N) is 1. The number of ether oxygens (including phenoxy) is 1. The molecule has 0 spiro atoms. The second-order valence-electron chi connectivity index (χ2n) is 4.80. The summed E-state index contributed by atoms with van der Waals surface area (Å²) < 4.78 is 5.81. The molecule has 18 heavy (non-hydrogen) atoms. The topological polar surface area (TPSA) is 21.3 Å². The van der Waals surface area contributed by atoms with Gasteiger partial charge in [0.15, 0.2) is 0 Å². The van der Waals surface area contributed by atoms with Crippen LogP contribution in [-0.2, 0) is 0 Å². The molecule has 2 nitrogen and oxygen atoms in total. The fourth-order valence-electron chi connectivity index (χ4n) is 1.66. The number of thioether (sulfide) groups is 1. The van der Waals surface area contributed by atoms with Crippen LogP contribution in [0.5, 0.6) is 5.75 Å². The maximum Gasteiger partial charge on any atom is 0.132 e. The van der Waals surface area contributed by atoms with E-state index in [-0.39, 0.29) is 0 Å². The monoisotopic (exact) mass is 267 g/mol. The summed E-state index contributed by atoms with van der Waals surface area (Å²) in [6.07, 6.45) is 4.36. The Kier molecular flexibility index (Phi) is 7.94. The van der Waals surface area contributed by atoms with Crippen LogP contribution >= 0.6 is 11.8 Å². The molecule has 3 heteroatoms. The molecule has 1 rings (SSSR count). The predicted octanol–water partition coefficient (Wildman–Crippen LogP) is 3.81. The van der Waals surface area contributed by atoms with E-state index in [1.165, 1.54) is 11.3 Å². The number of unbranched alkanes of at least 4 members (excludes halogenated alkanes) is 1. The summed E-state index contributed by atoms with van der Waals surface area (Å²) in [4.78, 5) is 1.22. The van der Waals surface area contributed by atoms with E-state index in [1.807, 2.05) is 12.1 Å². The summed E-state index contributed by atoms with van der Waals surface area (Å²) in [5, 5.41) is 3.45. The van der Waals surface area contributed by atoms with Crippen molar-refractivity contribution < 1.29 is 4.74 Å². The van der Waals surface area contributed by atoms with Crippen molar-refractivity contribution >= 4 is 11.8 Å². The second kappa shape index (κ2) is 9.29. The molecule has 1 N–H and O–H groups in total. The fraction of sp³-hybridized carbons (Fsp3) is 0.600. The van der Waals surface area contributed by atoms with Crippen molar-refractivity contribution in [2.75, 3.05) is 26.0 Å². The zero-order valence-corrected chi connectivity index (χ0v) is 12.6. The van der Waals surface area contributed by atoms with Gasteiger partial charge in [-0.3, -0.25) is 0 Å². The van der Waals surface area contributed by atoms with Gasteiger partial charge in [0.2, 0.25) is 0 Å². The van der Waals surface area contributed by atoms with Crippen molar-refractivity contribution in [2.24, 2.45) is 5.92 Å². The van der Waals surface area contributed by atoms with E-state index in [9.17, 15) is 0 Å². The molecule has 1 aromatic rings. The van der Waals surface area contributed by atoms with E-state index < -0.39 is 0 Å². The van der Waals surface area contributed by atoms with Crippen LogP contribution in [0.25, 0.3) is 0 Å². The molecule has 0 amide bonds. The maximum absolute atomic E-state index is 5.81. The molecule has 0 radical (unpaired) electrons. The molecule has 0 aliphatic carbocycles. The summed E-state index contributed by atoms with van der Waals surface area (Å²) in [5.74, 6) is 1.75. The van der Waals surface area contributed by atoms with Crippen molar-refractivity contribution in [1.29, 1.82) is 0 Å². The highest BCUT2D eigenvalue weighted by atomic mass is 32.2.